The Morgan fingerprint density at radius 2 is 2.22 bits per heavy atom. The Bertz CT molecular complexity index is 198. The molecule has 0 fully saturated rings. The van der Waals surface area contributed by atoms with Crippen molar-refractivity contribution in [1.82, 2.24) is 5.73 Å². The molecule has 44 valence electrons. The summed E-state index contributed by atoms with van der Waals surface area (Å²) in [6.07, 6.45) is 0. The molecule has 0 aliphatic carbocycles. The minimum absolute atomic E-state index is 0.209. The van der Waals surface area contributed by atoms with Gasteiger partial charge in [0.05, 0.1) is 5.69 Å². The van der Waals surface area contributed by atoms with E-state index in [-0.39, 0.29) is 5.69 Å². The highest BCUT2D eigenvalue weighted by atomic mass is 35.5. The fourth-order valence-electron chi connectivity index (χ4n) is 0.565. The van der Waals surface area contributed by atoms with Gasteiger partial charge in [0.2, 0.25) is 0 Å². The molecule has 0 N–H and O–H groups in total. The molecule has 0 amide bonds. The van der Waals surface area contributed by atoms with Crippen molar-refractivity contribution in [3.63, 3.8) is 0 Å². The maximum Gasteiger partial charge on any atom is 0.120 e. The van der Waals surface area contributed by atoms with Crippen LogP contribution in [0.4, 0.5) is 5.69 Å². The third-order valence-corrected chi connectivity index (χ3v) is 1.17. The zero-order chi connectivity index (χ0) is 6.69. The van der Waals surface area contributed by atoms with Crippen LogP contribution >= 0.6 is 11.6 Å². The summed E-state index contributed by atoms with van der Waals surface area (Å²) in [7, 11) is 0. The van der Waals surface area contributed by atoms with E-state index in [1.54, 1.807) is 18.2 Å². The number of hydrogen-bond acceptors (Lipinski definition) is 0. The predicted octanol–water partition coefficient (Wildman–Crippen LogP) is 2.01. The molecule has 9 heavy (non-hydrogen) atoms. The lowest BCUT2D eigenvalue weighted by Gasteiger charge is -1.90. The Hall–Kier alpha value is -0.690. The molecule has 0 aliphatic heterocycles. The van der Waals surface area contributed by atoms with Crippen molar-refractivity contribution in [3.8, 4) is 0 Å². The summed E-state index contributed by atoms with van der Waals surface area (Å²) < 4.78 is 0. The van der Waals surface area contributed by atoms with Crippen LogP contribution < -0.4 is 5.73 Å². The summed E-state index contributed by atoms with van der Waals surface area (Å²) >= 11 is 5.24. The topological polar surface area (TPSA) is 22.3 Å². The number of hydrogen-bond donors (Lipinski definition) is 0. The molecule has 0 aromatic heterocycles. The van der Waals surface area contributed by atoms with E-state index in [1.165, 1.54) is 6.07 Å². The Balaban J connectivity index is 2.94. The molecule has 0 bridgehead atoms. The summed E-state index contributed by atoms with van der Waals surface area (Å²) in [6.45, 7) is 0. The minimum atomic E-state index is 0.209. The number of nitrogens with zero attached hydrogens (tertiary/aromatic N) is 1. The first-order chi connectivity index (χ1) is 4.33. The van der Waals surface area contributed by atoms with Crippen molar-refractivity contribution < 1.29 is 0 Å². The largest absolute Gasteiger partial charge is 0.151 e. The van der Waals surface area contributed by atoms with Crippen LogP contribution in [0.25, 0.3) is 0 Å². The predicted molar refractivity (Wildman–Crippen MR) is 36.4 cm³/mol. The van der Waals surface area contributed by atoms with Crippen LogP contribution in [-0.4, -0.2) is 0 Å². The van der Waals surface area contributed by atoms with Gasteiger partial charge in [-0.2, -0.15) is 5.73 Å². The van der Waals surface area contributed by atoms with Gasteiger partial charge in [0.15, 0.2) is 0 Å². The van der Waals surface area contributed by atoms with Gasteiger partial charge in [-0.15, -0.1) is 11.6 Å². The van der Waals surface area contributed by atoms with Crippen LogP contribution in [0, 0.1) is 5.88 Å². The molecule has 0 aliphatic rings. The first kappa shape index (κ1) is 6.43. The van der Waals surface area contributed by atoms with Gasteiger partial charge in [-0.25, -0.2) is 0 Å². The fraction of sp³-hybridized carbons (Fsp3) is 0. The molecule has 0 atom stereocenters. The third-order valence-electron chi connectivity index (χ3n) is 0.955. The van der Waals surface area contributed by atoms with Crippen molar-refractivity contribution in [2.75, 3.05) is 0 Å². The van der Waals surface area contributed by atoms with Gasteiger partial charge in [0.1, 0.15) is 5.88 Å². The number of benzene rings is 1. The van der Waals surface area contributed by atoms with Crippen molar-refractivity contribution >= 4 is 17.3 Å². The zero-order valence-electron chi connectivity index (χ0n) is 4.63. The van der Waals surface area contributed by atoms with Crippen LogP contribution in [0.3, 0.4) is 0 Å². The van der Waals surface area contributed by atoms with Gasteiger partial charge < -0.3 is 0 Å². The zero-order valence-corrected chi connectivity index (χ0v) is 5.39. The van der Waals surface area contributed by atoms with Crippen LogP contribution in [0.5, 0.6) is 0 Å². The van der Waals surface area contributed by atoms with Gasteiger partial charge in [-0.1, -0.05) is 12.1 Å². The van der Waals surface area contributed by atoms with Gasteiger partial charge in [0, 0.05) is 0 Å². The van der Waals surface area contributed by atoms with Crippen LogP contribution in [-0.2, 0) is 0 Å². The maximum absolute atomic E-state index is 8.85. The first-order valence-electron chi connectivity index (χ1n) is 2.48. The Morgan fingerprint density at radius 1 is 1.44 bits per heavy atom. The quantitative estimate of drug-likeness (QED) is 0.565. The van der Waals surface area contributed by atoms with Gasteiger partial charge in [-0.3, -0.25) is 0 Å². The van der Waals surface area contributed by atoms with Crippen LogP contribution in [0.15, 0.2) is 24.3 Å². The van der Waals surface area contributed by atoms with Crippen molar-refractivity contribution in [3.05, 3.63) is 35.7 Å². The van der Waals surface area contributed by atoms with Gasteiger partial charge in [-0.05, 0) is 17.7 Å². The molecule has 4 radical (unpaired) electrons. The van der Waals surface area contributed by atoms with Crippen molar-refractivity contribution in [2.24, 2.45) is 0 Å². The van der Waals surface area contributed by atoms with Crippen LogP contribution in [0.1, 0.15) is 5.56 Å². The molecule has 0 saturated heterocycles. The molecule has 1 aromatic carbocycles. The smallest absolute Gasteiger partial charge is 0.120 e. The molecule has 1 nitrogen and oxygen atoms in total. The van der Waals surface area contributed by atoms with E-state index in [1.807, 2.05) is 0 Å². The highest BCUT2D eigenvalue weighted by Crippen LogP contribution is 2.10. The molecule has 1 rings (SSSR count). The molecule has 2 heteroatoms. The Morgan fingerprint density at radius 3 is 2.67 bits per heavy atom. The molecule has 0 heterocycles. The summed E-state index contributed by atoms with van der Waals surface area (Å²) in [5.41, 5.74) is 9.75. The van der Waals surface area contributed by atoms with Crippen molar-refractivity contribution in [2.45, 2.75) is 0 Å². The lowest BCUT2D eigenvalue weighted by molar-refractivity contribution is 1.45. The van der Waals surface area contributed by atoms with E-state index in [4.69, 9.17) is 17.3 Å². The van der Waals surface area contributed by atoms with E-state index in [9.17, 15) is 0 Å². The normalized spacial score (nSPS) is 9.44. The van der Waals surface area contributed by atoms with E-state index < -0.39 is 0 Å². The SMILES string of the molecule is [N]c1cccc([C]Cl)c1. The molecular formula is C7H4ClN. The molecule has 1 aromatic rings. The van der Waals surface area contributed by atoms with Gasteiger partial charge in [0.25, 0.3) is 0 Å². The van der Waals surface area contributed by atoms with Gasteiger partial charge >= 0.3 is 0 Å². The van der Waals surface area contributed by atoms with E-state index in [0.717, 1.165) is 0 Å². The second-order valence-electron chi connectivity index (χ2n) is 1.64. The average Bonchev–Trinajstić information content (AvgIpc) is 1.88. The summed E-state index contributed by atoms with van der Waals surface area (Å²) in [4.78, 5) is 0. The highest BCUT2D eigenvalue weighted by molar-refractivity contribution is 6.25. The lowest BCUT2D eigenvalue weighted by atomic mass is 10.2. The van der Waals surface area contributed by atoms with E-state index in [0.29, 0.717) is 5.56 Å². The molecule has 0 saturated carbocycles. The summed E-state index contributed by atoms with van der Waals surface area (Å²) in [6, 6.07) is 6.58. The number of halogens is 1. The Kier molecular flexibility index (Phi) is 1.96. The second-order valence-corrected chi connectivity index (χ2v) is 1.83. The van der Waals surface area contributed by atoms with Crippen LogP contribution in [0.2, 0.25) is 0 Å². The minimum Gasteiger partial charge on any atom is -0.151 e. The summed E-state index contributed by atoms with van der Waals surface area (Å²) in [5, 5.41) is 0. The van der Waals surface area contributed by atoms with E-state index in [2.05, 4.69) is 5.88 Å². The fourth-order valence-corrected chi connectivity index (χ4v) is 0.682. The third kappa shape index (κ3) is 1.61. The average molecular weight is 138 g/mol. The first-order valence-corrected chi connectivity index (χ1v) is 2.86. The molecular weight excluding hydrogens is 134 g/mol. The molecule has 0 unspecified atom stereocenters. The number of rotatable bonds is 1. The monoisotopic (exact) mass is 137 g/mol. The maximum atomic E-state index is 8.85. The lowest BCUT2D eigenvalue weighted by Crippen LogP contribution is -1.73. The van der Waals surface area contributed by atoms with E-state index >= 15 is 0 Å². The standard InChI is InChI=1S/C7H4ClN/c8-5-6-2-1-3-7(9)4-6/h1-4H. The second kappa shape index (κ2) is 2.74. The Labute approximate surface area is 59.4 Å². The molecule has 0 spiro atoms. The van der Waals surface area contributed by atoms with Crippen molar-refractivity contribution in [1.29, 1.82) is 0 Å². The highest BCUT2D eigenvalue weighted by Gasteiger charge is 1.90. The summed E-state index contributed by atoms with van der Waals surface area (Å²) in [5.74, 6) is 2.38.